The number of benzene rings is 1. The minimum Gasteiger partial charge on any atom is -0.326 e. The Morgan fingerprint density at radius 1 is 1.18 bits per heavy atom. The van der Waals surface area contributed by atoms with Crippen LogP contribution in [0.5, 0.6) is 0 Å². The summed E-state index contributed by atoms with van der Waals surface area (Å²) in [6.07, 6.45) is 4.26. The molecular weight excluding hydrogens is 294 g/mol. The van der Waals surface area contributed by atoms with Gasteiger partial charge in [0.05, 0.1) is 18.7 Å². The predicted octanol–water partition coefficient (Wildman–Crippen LogP) is 3.31. The van der Waals surface area contributed by atoms with Gasteiger partial charge in [0.2, 0.25) is 5.91 Å². The molecule has 4 nitrogen and oxygen atoms in total. The molecule has 0 atom stereocenters. The third-order valence-electron chi connectivity index (χ3n) is 3.81. The summed E-state index contributed by atoms with van der Waals surface area (Å²) in [5, 5.41) is 6.02. The molecule has 1 aromatic carbocycles. The number of hydrogen-bond acceptors (Lipinski definition) is 4. The maximum atomic E-state index is 12.0. The number of carbonyl (C=O) groups excluding carboxylic acids is 1. The van der Waals surface area contributed by atoms with Crippen molar-refractivity contribution in [2.45, 2.75) is 32.2 Å². The van der Waals surface area contributed by atoms with Crippen molar-refractivity contribution >= 4 is 22.9 Å². The zero-order valence-electron chi connectivity index (χ0n) is 12.6. The molecule has 0 radical (unpaired) electrons. The van der Waals surface area contributed by atoms with Crippen molar-refractivity contribution in [3.05, 3.63) is 46.4 Å². The Kier molecular flexibility index (Phi) is 5.19. The van der Waals surface area contributed by atoms with Crippen LogP contribution in [0.4, 0.5) is 5.69 Å². The summed E-state index contributed by atoms with van der Waals surface area (Å²) >= 11 is 1.66. The van der Waals surface area contributed by atoms with Crippen molar-refractivity contribution in [2.24, 2.45) is 0 Å². The number of rotatable bonds is 5. The van der Waals surface area contributed by atoms with Gasteiger partial charge in [-0.3, -0.25) is 9.69 Å². The Labute approximate surface area is 135 Å². The first-order valence-corrected chi connectivity index (χ1v) is 8.68. The average Bonchev–Trinajstić information content (AvgIpc) is 2.96. The fourth-order valence-corrected chi connectivity index (χ4v) is 3.54. The van der Waals surface area contributed by atoms with Crippen LogP contribution in [-0.2, 0) is 17.8 Å². The number of anilines is 1. The van der Waals surface area contributed by atoms with Gasteiger partial charge in [-0.25, -0.2) is 4.98 Å². The van der Waals surface area contributed by atoms with E-state index in [1.165, 1.54) is 32.4 Å². The zero-order valence-corrected chi connectivity index (χ0v) is 13.4. The Hall–Kier alpha value is -1.72. The molecule has 2 aromatic rings. The van der Waals surface area contributed by atoms with Crippen molar-refractivity contribution in [2.75, 3.05) is 18.4 Å². The topological polar surface area (TPSA) is 45.2 Å². The minimum atomic E-state index is -0.0129. The summed E-state index contributed by atoms with van der Waals surface area (Å²) in [5.41, 5.74) is 1.70. The van der Waals surface area contributed by atoms with Crippen molar-refractivity contribution in [1.82, 2.24) is 9.88 Å². The number of likely N-dealkylation sites (tertiary alicyclic amines) is 1. The van der Waals surface area contributed by atoms with Crippen LogP contribution in [0.3, 0.4) is 0 Å². The predicted molar refractivity (Wildman–Crippen MR) is 90.0 cm³/mol. The van der Waals surface area contributed by atoms with Crippen LogP contribution in [0.1, 0.15) is 30.0 Å². The van der Waals surface area contributed by atoms with Gasteiger partial charge in [-0.1, -0.05) is 24.6 Å². The fourth-order valence-electron chi connectivity index (χ4n) is 2.70. The van der Waals surface area contributed by atoms with Crippen molar-refractivity contribution < 1.29 is 4.79 Å². The summed E-state index contributed by atoms with van der Waals surface area (Å²) in [7, 11) is 0. The molecule has 3 rings (SSSR count). The number of nitrogens with one attached hydrogen (secondary N) is 1. The molecule has 0 aliphatic carbocycles. The molecule has 2 heterocycles. The smallest absolute Gasteiger partial charge is 0.230 e. The Balaban J connectivity index is 1.51. The highest BCUT2D eigenvalue weighted by Crippen LogP contribution is 2.17. The maximum Gasteiger partial charge on any atom is 0.230 e. The number of piperidine rings is 1. The van der Waals surface area contributed by atoms with Gasteiger partial charge in [0.15, 0.2) is 0 Å². The van der Waals surface area contributed by atoms with E-state index in [1.54, 1.807) is 11.3 Å². The van der Waals surface area contributed by atoms with Gasteiger partial charge >= 0.3 is 0 Å². The molecule has 1 amide bonds. The molecule has 1 aliphatic heterocycles. The number of hydrogen-bond donors (Lipinski definition) is 1. The number of nitrogens with zero attached hydrogens (tertiary/aromatic N) is 2. The van der Waals surface area contributed by atoms with Gasteiger partial charge in [0, 0.05) is 11.1 Å². The third-order valence-corrected chi connectivity index (χ3v) is 4.69. The molecule has 1 aromatic heterocycles. The molecule has 0 spiro atoms. The van der Waals surface area contributed by atoms with E-state index in [0.717, 1.165) is 22.9 Å². The Bertz CT molecular complexity index is 605. The van der Waals surface area contributed by atoms with E-state index in [-0.39, 0.29) is 5.91 Å². The highest BCUT2D eigenvalue weighted by molar-refractivity contribution is 7.09. The molecule has 116 valence electrons. The standard InChI is InChI=1S/C17H21N3OS/c21-16(18-14-7-3-1-4-8-14)11-15-13-22-17(19-15)12-20-9-5-2-6-10-20/h1,3-4,7-8,13H,2,5-6,9-12H2,(H,18,21). The van der Waals surface area contributed by atoms with Crippen LogP contribution in [0.25, 0.3) is 0 Å². The number of thiazole rings is 1. The van der Waals surface area contributed by atoms with E-state index in [0.29, 0.717) is 6.42 Å². The number of amides is 1. The second-order valence-corrected chi connectivity index (χ2v) is 6.60. The second-order valence-electron chi connectivity index (χ2n) is 5.66. The third kappa shape index (κ3) is 4.39. The van der Waals surface area contributed by atoms with E-state index in [9.17, 15) is 4.79 Å². The quantitative estimate of drug-likeness (QED) is 0.920. The summed E-state index contributed by atoms with van der Waals surface area (Å²) in [5.74, 6) is -0.0129. The van der Waals surface area contributed by atoms with Gasteiger partial charge in [0.25, 0.3) is 0 Å². The number of carbonyl (C=O) groups is 1. The van der Waals surface area contributed by atoms with Crippen LogP contribution >= 0.6 is 11.3 Å². The molecule has 1 fully saturated rings. The lowest BCUT2D eigenvalue weighted by Crippen LogP contribution is -2.29. The van der Waals surface area contributed by atoms with Crippen LogP contribution in [0, 0.1) is 0 Å². The largest absolute Gasteiger partial charge is 0.326 e. The number of aromatic nitrogens is 1. The van der Waals surface area contributed by atoms with Crippen molar-refractivity contribution in [1.29, 1.82) is 0 Å². The molecule has 1 N–H and O–H groups in total. The molecule has 5 heteroatoms. The van der Waals surface area contributed by atoms with E-state index >= 15 is 0 Å². The second kappa shape index (κ2) is 7.51. The lowest BCUT2D eigenvalue weighted by atomic mass is 10.1. The van der Waals surface area contributed by atoms with E-state index in [2.05, 4.69) is 15.2 Å². The van der Waals surface area contributed by atoms with E-state index < -0.39 is 0 Å². The molecular formula is C17H21N3OS. The first-order valence-electron chi connectivity index (χ1n) is 7.80. The van der Waals surface area contributed by atoms with Gasteiger partial charge < -0.3 is 5.32 Å². The summed E-state index contributed by atoms with van der Waals surface area (Å²) in [6.45, 7) is 3.26. The zero-order chi connectivity index (χ0) is 15.2. The molecule has 22 heavy (non-hydrogen) atoms. The Morgan fingerprint density at radius 3 is 2.73 bits per heavy atom. The van der Waals surface area contributed by atoms with Crippen LogP contribution in [0.2, 0.25) is 0 Å². The Morgan fingerprint density at radius 2 is 1.95 bits per heavy atom. The molecule has 1 aliphatic rings. The average molecular weight is 315 g/mol. The highest BCUT2D eigenvalue weighted by Gasteiger charge is 2.13. The highest BCUT2D eigenvalue weighted by atomic mass is 32.1. The molecule has 0 unspecified atom stereocenters. The van der Waals surface area contributed by atoms with Gasteiger partial charge in [-0.15, -0.1) is 11.3 Å². The van der Waals surface area contributed by atoms with E-state index in [4.69, 9.17) is 0 Å². The maximum absolute atomic E-state index is 12.0. The van der Waals surface area contributed by atoms with Crippen LogP contribution in [0.15, 0.2) is 35.7 Å². The summed E-state index contributed by atoms with van der Waals surface area (Å²) in [4.78, 5) is 19.1. The number of para-hydroxylation sites is 1. The SMILES string of the molecule is O=C(Cc1csc(CN2CCCCC2)n1)Nc1ccccc1. The van der Waals surface area contributed by atoms with Crippen molar-refractivity contribution in [3.63, 3.8) is 0 Å². The van der Waals surface area contributed by atoms with Gasteiger partial charge in [-0.05, 0) is 38.1 Å². The van der Waals surface area contributed by atoms with Gasteiger partial charge in [0.1, 0.15) is 5.01 Å². The van der Waals surface area contributed by atoms with Crippen molar-refractivity contribution in [3.8, 4) is 0 Å². The minimum absolute atomic E-state index is 0.0129. The van der Waals surface area contributed by atoms with E-state index in [1.807, 2.05) is 35.7 Å². The summed E-state index contributed by atoms with van der Waals surface area (Å²) < 4.78 is 0. The van der Waals surface area contributed by atoms with Gasteiger partial charge in [-0.2, -0.15) is 0 Å². The lowest BCUT2D eigenvalue weighted by molar-refractivity contribution is -0.115. The summed E-state index contributed by atoms with van der Waals surface area (Å²) in [6, 6.07) is 9.54. The van der Waals surface area contributed by atoms with Crippen LogP contribution in [-0.4, -0.2) is 28.9 Å². The first-order chi connectivity index (χ1) is 10.8. The fraction of sp³-hybridized carbons (Fsp3) is 0.412. The molecule has 0 saturated carbocycles. The van der Waals surface area contributed by atoms with Crippen LogP contribution < -0.4 is 5.32 Å². The first kappa shape index (κ1) is 15.2. The monoisotopic (exact) mass is 315 g/mol. The lowest BCUT2D eigenvalue weighted by Gasteiger charge is -2.25. The molecule has 0 bridgehead atoms. The normalized spacial score (nSPS) is 15.6. The molecule has 1 saturated heterocycles.